The van der Waals surface area contributed by atoms with Gasteiger partial charge in [-0.05, 0) is 42.2 Å². The molecule has 0 amide bonds. The van der Waals surface area contributed by atoms with Crippen molar-refractivity contribution in [2.75, 3.05) is 6.61 Å². The van der Waals surface area contributed by atoms with E-state index in [2.05, 4.69) is 31.2 Å². The molecular formula is C13H18O. The maximum Gasteiger partial charge on any atom is 0.0456 e. The monoisotopic (exact) mass is 190 g/mol. The summed E-state index contributed by atoms with van der Waals surface area (Å²) in [5.74, 6) is 1.12. The third kappa shape index (κ3) is 1.83. The summed E-state index contributed by atoms with van der Waals surface area (Å²) < 4.78 is 0. The van der Waals surface area contributed by atoms with E-state index in [0.29, 0.717) is 18.4 Å². The van der Waals surface area contributed by atoms with Crippen LogP contribution in [0.2, 0.25) is 0 Å². The summed E-state index contributed by atoms with van der Waals surface area (Å²) in [7, 11) is 0. The summed E-state index contributed by atoms with van der Waals surface area (Å²) in [6, 6.07) is 8.73. The Morgan fingerprint density at radius 3 is 3.00 bits per heavy atom. The van der Waals surface area contributed by atoms with Crippen molar-refractivity contribution >= 4 is 0 Å². The molecule has 1 nitrogen and oxygen atoms in total. The number of aliphatic hydroxyl groups is 1. The summed E-state index contributed by atoms with van der Waals surface area (Å²) in [6.45, 7) is 2.44. The number of hydrogen-bond acceptors (Lipinski definition) is 1. The number of aryl methyl sites for hydroxylation is 1. The van der Waals surface area contributed by atoms with Crippen LogP contribution in [0.15, 0.2) is 24.3 Å². The Morgan fingerprint density at radius 1 is 1.43 bits per heavy atom. The second-order valence-corrected chi connectivity index (χ2v) is 4.46. The van der Waals surface area contributed by atoms with Gasteiger partial charge in [0.25, 0.3) is 0 Å². The number of aliphatic hydroxyl groups excluding tert-OH is 1. The van der Waals surface area contributed by atoms with E-state index in [1.54, 1.807) is 0 Å². The Bertz CT molecular complexity index is 306. The van der Waals surface area contributed by atoms with Crippen LogP contribution in [0.25, 0.3) is 0 Å². The average Bonchev–Trinajstić information content (AvgIpc) is 2.62. The van der Waals surface area contributed by atoms with E-state index in [9.17, 15) is 0 Å². The van der Waals surface area contributed by atoms with Crippen molar-refractivity contribution < 1.29 is 5.11 Å². The fourth-order valence-electron chi connectivity index (χ4n) is 2.45. The Morgan fingerprint density at radius 2 is 2.21 bits per heavy atom. The van der Waals surface area contributed by atoms with Gasteiger partial charge in [-0.15, -0.1) is 0 Å². The Hall–Kier alpha value is -0.820. The maximum absolute atomic E-state index is 9.04. The highest BCUT2D eigenvalue weighted by molar-refractivity contribution is 5.34. The largest absolute Gasteiger partial charge is 0.396 e. The highest BCUT2D eigenvalue weighted by atomic mass is 16.3. The van der Waals surface area contributed by atoms with Gasteiger partial charge in [0.15, 0.2) is 0 Å². The average molecular weight is 190 g/mol. The summed E-state index contributed by atoms with van der Waals surface area (Å²) in [5.41, 5.74) is 3.04. The molecule has 2 atom stereocenters. The first-order valence-electron chi connectivity index (χ1n) is 5.50. The second-order valence-electron chi connectivity index (χ2n) is 4.46. The summed E-state index contributed by atoms with van der Waals surface area (Å²) in [4.78, 5) is 0. The van der Waals surface area contributed by atoms with Gasteiger partial charge in [0.1, 0.15) is 0 Å². The molecule has 14 heavy (non-hydrogen) atoms. The standard InChI is InChI=1S/C13H18O/c1-10(9-14)8-12-7-6-11-4-2-3-5-13(11)12/h2-5,10,12,14H,6-9H2,1H3/t10-,12?/m1/s1. The number of rotatable bonds is 3. The van der Waals surface area contributed by atoms with Crippen LogP contribution in [0.3, 0.4) is 0 Å². The van der Waals surface area contributed by atoms with Gasteiger partial charge in [-0.2, -0.15) is 0 Å². The van der Waals surface area contributed by atoms with Gasteiger partial charge < -0.3 is 5.11 Å². The van der Waals surface area contributed by atoms with Crippen LogP contribution >= 0.6 is 0 Å². The first-order valence-corrected chi connectivity index (χ1v) is 5.50. The molecule has 0 fully saturated rings. The Labute approximate surface area is 85.8 Å². The zero-order valence-corrected chi connectivity index (χ0v) is 8.74. The van der Waals surface area contributed by atoms with Crippen LogP contribution in [0.5, 0.6) is 0 Å². The van der Waals surface area contributed by atoms with Gasteiger partial charge in [-0.1, -0.05) is 31.2 Å². The highest BCUT2D eigenvalue weighted by Crippen LogP contribution is 2.36. The zero-order chi connectivity index (χ0) is 9.97. The molecule has 0 bridgehead atoms. The molecule has 0 saturated heterocycles. The lowest BCUT2D eigenvalue weighted by Gasteiger charge is -2.15. The molecule has 1 unspecified atom stereocenters. The Balaban J connectivity index is 2.10. The lowest BCUT2D eigenvalue weighted by atomic mass is 9.91. The molecule has 1 N–H and O–H groups in total. The van der Waals surface area contributed by atoms with Crippen molar-refractivity contribution in [2.24, 2.45) is 5.92 Å². The smallest absolute Gasteiger partial charge is 0.0456 e. The SMILES string of the molecule is C[C@@H](CO)CC1CCc2ccccc21. The molecule has 1 aromatic carbocycles. The van der Waals surface area contributed by atoms with Gasteiger partial charge in [0.05, 0.1) is 0 Å². The van der Waals surface area contributed by atoms with Crippen LogP contribution in [0.4, 0.5) is 0 Å². The van der Waals surface area contributed by atoms with E-state index in [4.69, 9.17) is 5.11 Å². The third-order valence-corrected chi connectivity index (χ3v) is 3.26. The number of hydrogen-bond donors (Lipinski definition) is 1. The van der Waals surface area contributed by atoms with E-state index in [1.165, 1.54) is 24.0 Å². The molecular weight excluding hydrogens is 172 g/mol. The molecule has 1 aromatic rings. The first kappa shape index (κ1) is 9.72. The van der Waals surface area contributed by atoms with E-state index < -0.39 is 0 Å². The van der Waals surface area contributed by atoms with Crippen molar-refractivity contribution in [3.8, 4) is 0 Å². The predicted molar refractivity (Wildman–Crippen MR) is 58.4 cm³/mol. The van der Waals surface area contributed by atoms with Crippen molar-refractivity contribution in [2.45, 2.75) is 32.1 Å². The molecule has 0 aromatic heterocycles. The van der Waals surface area contributed by atoms with Crippen molar-refractivity contribution in [1.82, 2.24) is 0 Å². The molecule has 0 heterocycles. The molecule has 0 aliphatic heterocycles. The molecule has 0 radical (unpaired) electrons. The summed E-state index contributed by atoms with van der Waals surface area (Å²) in [6.07, 6.45) is 3.62. The number of fused-ring (bicyclic) bond motifs is 1. The minimum absolute atomic E-state index is 0.318. The van der Waals surface area contributed by atoms with Crippen LogP contribution < -0.4 is 0 Å². The van der Waals surface area contributed by atoms with E-state index >= 15 is 0 Å². The van der Waals surface area contributed by atoms with Crippen molar-refractivity contribution in [3.63, 3.8) is 0 Å². The number of benzene rings is 1. The highest BCUT2D eigenvalue weighted by Gasteiger charge is 2.22. The predicted octanol–water partition coefficient (Wildman–Crippen LogP) is 2.73. The van der Waals surface area contributed by atoms with Crippen LogP contribution in [-0.2, 0) is 6.42 Å². The van der Waals surface area contributed by atoms with Gasteiger partial charge in [0.2, 0.25) is 0 Å². The minimum atomic E-state index is 0.318. The van der Waals surface area contributed by atoms with Crippen LogP contribution in [0.1, 0.15) is 36.8 Å². The fraction of sp³-hybridized carbons (Fsp3) is 0.538. The summed E-state index contributed by atoms with van der Waals surface area (Å²) in [5, 5.41) is 9.04. The van der Waals surface area contributed by atoms with Crippen LogP contribution in [0, 0.1) is 5.92 Å². The van der Waals surface area contributed by atoms with Gasteiger partial charge in [-0.3, -0.25) is 0 Å². The topological polar surface area (TPSA) is 20.2 Å². The summed E-state index contributed by atoms with van der Waals surface area (Å²) >= 11 is 0. The van der Waals surface area contributed by atoms with E-state index in [0.717, 1.165) is 6.42 Å². The minimum Gasteiger partial charge on any atom is -0.396 e. The molecule has 1 aliphatic rings. The normalized spacial score (nSPS) is 22.0. The van der Waals surface area contributed by atoms with Gasteiger partial charge in [0, 0.05) is 6.61 Å². The quantitative estimate of drug-likeness (QED) is 0.777. The lowest BCUT2D eigenvalue weighted by molar-refractivity contribution is 0.223. The molecule has 1 aliphatic carbocycles. The maximum atomic E-state index is 9.04. The first-order chi connectivity index (χ1) is 6.81. The van der Waals surface area contributed by atoms with Crippen molar-refractivity contribution in [1.29, 1.82) is 0 Å². The molecule has 2 rings (SSSR count). The second kappa shape index (κ2) is 4.14. The molecule has 0 spiro atoms. The van der Waals surface area contributed by atoms with E-state index in [1.807, 2.05) is 0 Å². The Kier molecular flexibility index (Phi) is 2.87. The molecule has 76 valence electrons. The van der Waals surface area contributed by atoms with Crippen molar-refractivity contribution in [3.05, 3.63) is 35.4 Å². The zero-order valence-electron chi connectivity index (χ0n) is 8.74. The third-order valence-electron chi connectivity index (χ3n) is 3.26. The van der Waals surface area contributed by atoms with E-state index in [-0.39, 0.29) is 0 Å². The van der Waals surface area contributed by atoms with Gasteiger partial charge >= 0.3 is 0 Å². The van der Waals surface area contributed by atoms with Gasteiger partial charge in [-0.25, -0.2) is 0 Å². The lowest BCUT2D eigenvalue weighted by Crippen LogP contribution is -2.06. The molecule has 0 saturated carbocycles. The van der Waals surface area contributed by atoms with Crippen LogP contribution in [-0.4, -0.2) is 11.7 Å². The molecule has 1 heteroatoms. The fourth-order valence-corrected chi connectivity index (χ4v) is 2.45.